The van der Waals surface area contributed by atoms with Gasteiger partial charge in [0.15, 0.2) is 0 Å². The number of hydrazone groups is 1. The minimum Gasteiger partial charge on any atom is -0.271 e. The lowest BCUT2D eigenvalue weighted by molar-refractivity contribution is -0.385. The van der Waals surface area contributed by atoms with Gasteiger partial charge in [-0.25, -0.2) is 10.1 Å². The quantitative estimate of drug-likeness (QED) is 0.486. The molecular formula is C12H14FN7O3. The smallest absolute Gasteiger partial charge is 0.271 e. The van der Waals surface area contributed by atoms with Crippen LogP contribution in [0.15, 0.2) is 11.3 Å². The van der Waals surface area contributed by atoms with Crippen LogP contribution >= 0.6 is 0 Å². The Morgan fingerprint density at radius 2 is 2.17 bits per heavy atom. The summed E-state index contributed by atoms with van der Waals surface area (Å²) < 4.78 is 15.8. The van der Waals surface area contributed by atoms with E-state index < -0.39 is 16.8 Å². The SMILES string of the molecule is Cc1nn(CC(=O)NN=Cc2c(C)nn(C)c2F)cc1[N+](=O)[O-]. The van der Waals surface area contributed by atoms with Gasteiger partial charge >= 0.3 is 5.69 Å². The molecule has 0 saturated carbocycles. The van der Waals surface area contributed by atoms with Crippen molar-refractivity contribution in [2.24, 2.45) is 12.1 Å². The van der Waals surface area contributed by atoms with Crippen LogP contribution in [-0.4, -0.2) is 36.6 Å². The summed E-state index contributed by atoms with van der Waals surface area (Å²) in [5.41, 5.74) is 2.83. The number of carbonyl (C=O) groups is 1. The maximum absolute atomic E-state index is 13.6. The predicted octanol–water partition coefficient (Wildman–Crippen LogP) is 0.431. The fourth-order valence-electron chi connectivity index (χ4n) is 1.91. The molecule has 0 atom stereocenters. The van der Waals surface area contributed by atoms with Crippen LogP contribution in [0.3, 0.4) is 0 Å². The first-order chi connectivity index (χ1) is 10.8. The van der Waals surface area contributed by atoms with Gasteiger partial charge in [0.2, 0.25) is 5.95 Å². The number of rotatable bonds is 5. The lowest BCUT2D eigenvalue weighted by Crippen LogP contribution is -2.23. The van der Waals surface area contributed by atoms with Gasteiger partial charge in [-0.1, -0.05) is 0 Å². The molecule has 0 unspecified atom stereocenters. The van der Waals surface area contributed by atoms with E-state index in [1.54, 1.807) is 6.92 Å². The molecule has 1 N–H and O–H groups in total. The normalized spacial score (nSPS) is 11.1. The molecule has 0 aliphatic rings. The predicted molar refractivity (Wildman–Crippen MR) is 77.3 cm³/mol. The highest BCUT2D eigenvalue weighted by Crippen LogP contribution is 2.14. The molecule has 122 valence electrons. The molecule has 11 heteroatoms. The highest BCUT2D eigenvalue weighted by atomic mass is 19.1. The monoisotopic (exact) mass is 323 g/mol. The van der Waals surface area contributed by atoms with Gasteiger partial charge in [0.25, 0.3) is 5.91 Å². The van der Waals surface area contributed by atoms with Crippen LogP contribution in [0.5, 0.6) is 0 Å². The molecule has 0 bridgehead atoms. The number of carbonyl (C=O) groups excluding carboxylic acids is 1. The van der Waals surface area contributed by atoms with Gasteiger partial charge in [0.05, 0.1) is 22.4 Å². The Morgan fingerprint density at radius 1 is 1.48 bits per heavy atom. The van der Waals surface area contributed by atoms with Crippen molar-refractivity contribution in [3.8, 4) is 0 Å². The summed E-state index contributed by atoms with van der Waals surface area (Å²) in [4.78, 5) is 21.8. The van der Waals surface area contributed by atoms with E-state index >= 15 is 0 Å². The average Bonchev–Trinajstić information content (AvgIpc) is 2.93. The molecule has 0 aromatic carbocycles. The molecule has 0 aliphatic heterocycles. The van der Waals surface area contributed by atoms with Gasteiger partial charge in [0.1, 0.15) is 18.4 Å². The van der Waals surface area contributed by atoms with Crippen molar-refractivity contribution < 1.29 is 14.1 Å². The summed E-state index contributed by atoms with van der Waals surface area (Å²) in [6.45, 7) is 2.83. The first-order valence-electron chi connectivity index (χ1n) is 6.49. The van der Waals surface area contributed by atoms with E-state index in [9.17, 15) is 19.3 Å². The zero-order chi connectivity index (χ0) is 17.1. The van der Waals surface area contributed by atoms with Crippen LogP contribution in [0, 0.1) is 29.9 Å². The van der Waals surface area contributed by atoms with Crippen LogP contribution in [0.25, 0.3) is 0 Å². The highest BCUT2D eigenvalue weighted by molar-refractivity contribution is 5.83. The Labute approximate surface area is 129 Å². The standard InChI is InChI=1S/C12H14FN7O3/c1-7-9(12(13)18(3)16-7)4-14-15-11(21)6-19-5-10(20(22)23)8(2)17-19/h4-5H,6H2,1-3H3,(H,15,21). The molecule has 0 saturated heterocycles. The Balaban J connectivity index is 1.99. The number of amides is 1. The molecule has 2 heterocycles. The first-order valence-corrected chi connectivity index (χ1v) is 6.49. The van der Waals surface area contributed by atoms with Gasteiger partial charge in [0, 0.05) is 7.05 Å². The van der Waals surface area contributed by atoms with E-state index in [0.717, 1.165) is 21.8 Å². The van der Waals surface area contributed by atoms with Crippen molar-refractivity contribution in [2.75, 3.05) is 0 Å². The summed E-state index contributed by atoms with van der Waals surface area (Å²) in [5.74, 6) is -1.13. The zero-order valence-electron chi connectivity index (χ0n) is 12.6. The molecular weight excluding hydrogens is 309 g/mol. The van der Waals surface area contributed by atoms with Crippen molar-refractivity contribution in [1.29, 1.82) is 0 Å². The second kappa shape index (κ2) is 6.34. The third-order valence-electron chi connectivity index (χ3n) is 3.00. The lowest BCUT2D eigenvalue weighted by atomic mass is 10.3. The molecule has 23 heavy (non-hydrogen) atoms. The maximum Gasteiger partial charge on any atom is 0.309 e. The highest BCUT2D eigenvalue weighted by Gasteiger charge is 2.16. The minimum atomic E-state index is -0.581. The number of nitrogens with zero attached hydrogens (tertiary/aromatic N) is 6. The zero-order valence-corrected chi connectivity index (χ0v) is 12.6. The third kappa shape index (κ3) is 3.56. The van der Waals surface area contributed by atoms with Crippen molar-refractivity contribution in [3.05, 3.63) is 39.2 Å². The Hall–Kier alpha value is -3.11. The summed E-state index contributed by atoms with van der Waals surface area (Å²) in [6, 6.07) is 0. The number of aromatic nitrogens is 4. The molecule has 2 aromatic rings. The Kier molecular flexibility index (Phi) is 4.48. The van der Waals surface area contributed by atoms with Crippen molar-refractivity contribution in [1.82, 2.24) is 25.0 Å². The number of nitrogens with one attached hydrogen (secondary N) is 1. The van der Waals surface area contributed by atoms with E-state index in [0.29, 0.717) is 5.69 Å². The third-order valence-corrected chi connectivity index (χ3v) is 3.00. The van der Waals surface area contributed by atoms with Gasteiger partial charge in [-0.2, -0.15) is 19.7 Å². The van der Waals surface area contributed by atoms with Crippen LogP contribution in [0.4, 0.5) is 10.1 Å². The molecule has 1 amide bonds. The maximum atomic E-state index is 13.6. The number of halogens is 1. The molecule has 0 spiro atoms. The van der Waals surface area contributed by atoms with E-state index in [4.69, 9.17) is 0 Å². The van der Waals surface area contributed by atoms with Crippen LogP contribution < -0.4 is 5.43 Å². The average molecular weight is 323 g/mol. The largest absolute Gasteiger partial charge is 0.309 e. The van der Waals surface area contributed by atoms with E-state index in [1.807, 2.05) is 0 Å². The number of aryl methyl sites for hydroxylation is 3. The Bertz CT molecular complexity index is 793. The molecule has 2 aromatic heterocycles. The number of hydrogen-bond donors (Lipinski definition) is 1. The van der Waals surface area contributed by atoms with Crippen molar-refractivity contribution in [2.45, 2.75) is 20.4 Å². The van der Waals surface area contributed by atoms with E-state index in [1.165, 1.54) is 14.0 Å². The van der Waals surface area contributed by atoms with Crippen LogP contribution in [0.2, 0.25) is 0 Å². The Morgan fingerprint density at radius 3 is 2.70 bits per heavy atom. The summed E-state index contributed by atoms with van der Waals surface area (Å²) >= 11 is 0. The van der Waals surface area contributed by atoms with Gasteiger partial charge in [-0.05, 0) is 13.8 Å². The number of nitro groups is 1. The molecule has 0 radical (unpaired) electrons. The molecule has 0 aliphatic carbocycles. The van der Waals surface area contributed by atoms with Crippen molar-refractivity contribution in [3.63, 3.8) is 0 Å². The molecule has 10 nitrogen and oxygen atoms in total. The summed E-state index contributed by atoms with van der Waals surface area (Å²) in [6.07, 6.45) is 2.30. The fraction of sp³-hybridized carbons (Fsp3) is 0.333. The molecule has 0 fully saturated rings. The first kappa shape index (κ1) is 16.3. The summed E-state index contributed by atoms with van der Waals surface area (Å²) in [5, 5.41) is 22.1. The van der Waals surface area contributed by atoms with Gasteiger partial charge < -0.3 is 0 Å². The second-order valence-electron chi connectivity index (χ2n) is 4.76. The second-order valence-corrected chi connectivity index (χ2v) is 4.76. The lowest BCUT2D eigenvalue weighted by Gasteiger charge is -1.99. The van der Waals surface area contributed by atoms with E-state index in [-0.39, 0.29) is 23.5 Å². The van der Waals surface area contributed by atoms with Crippen LogP contribution in [-0.2, 0) is 18.4 Å². The van der Waals surface area contributed by atoms with Gasteiger partial charge in [-0.15, -0.1) is 0 Å². The minimum absolute atomic E-state index is 0.165. The molecule has 2 rings (SSSR count). The number of hydrogen-bond acceptors (Lipinski definition) is 6. The van der Waals surface area contributed by atoms with E-state index in [2.05, 4.69) is 20.7 Å². The summed E-state index contributed by atoms with van der Waals surface area (Å²) in [7, 11) is 1.45. The van der Waals surface area contributed by atoms with Gasteiger partial charge in [-0.3, -0.25) is 19.6 Å². The van der Waals surface area contributed by atoms with Crippen molar-refractivity contribution >= 4 is 17.8 Å². The topological polar surface area (TPSA) is 120 Å². The van der Waals surface area contributed by atoms with Crippen LogP contribution in [0.1, 0.15) is 17.0 Å². The fourth-order valence-corrected chi connectivity index (χ4v) is 1.91.